The fourth-order valence-electron chi connectivity index (χ4n) is 3.18. The van der Waals surface area contributed by atoms with E-state index in [4.69, 9.17) is 4.74 Å². The average Bonchev–Trinajstić information content (AvgIpc) is 3.04. The number of aromatic nitrogens is 2. The predicted molar refractivity (Wildman–Crippen MR) is 109 cm³/mol. The van der Waals surface area contributed by atoms with E-state index in [0.717, 1.165) is 5.56 Å². The van der Waals surface area contributed by atoms with Gasteiger partial charge in [-0.1, -0.05) is 24.3 Å². The van der Waals surface area contributed by atoms with Crippen molar-refractivity contribution in [3.63, 3.8) is 0 Å². The summed E-state index contributed by atoms with van der Waals surface area (Å²) in [6, 6.07) is 18.1. The minimum Gasteiger partial charge on any atom is -0.495 e. The van der Waals surface area contributed by atoms with Crippen LogP contribution >= 0.6 is 0 Å². The van der Waals surface area contributed by atoms with E-state index in [0.29, 0.717) is 34.6 Å². The van der Waals surface area contributed by atoms with Crippen molar-refractivity contribution in [3.8, 4) is 5.75 Å². The molecule has 1 heterocycles. The first-order valence-corrected chi connectivity index (χ1v) is 8.96. The highest BCUT2D eigenvalue weighted by atomic mass is 19.1. The highest BCUT2D eigenvalue weighted by Gasteiger charge is 2.13. The van der Waals surface area contributed by atoms with Gasteiger partial charge in [0.1, 0.15) is 11.6 Å². The highest BCUT2D eigenvalue weighted by Crippen LogP contribution is 2.24. The zero-order chi connectivity index (χ0) is 20.4. The molecule has 0 aliphatic heterocycles. The molecule has 0 aliphatic carbocycles. The second kappa shape index (κ2) is 7.63. The first-order chi connectivity index (χ1) is 14.0. The Morgan fingerprint density at radius 3 is 2.62 bits per heavy atom. The van der Waals surface area contributed by atoms with Crippen molar-refractivity contribution < 1.29 is 13.9 Å². The van der Waals surface area contributed by atoms with Crippen LogP contribution in [0.1, 0.15) is 15.9 Å². The van der Waals surface area contributed by atoms with Crippen LogP contribution in [0.3, 0.4) is 0 Å². The van der Waals surface area contributed by atoms with Crippen LogP contribution in [0.5, 0.6) is 5.75 Å². The summed E-state index contributed by atoms with van der Waals surface area (Å²) >= 11 is 0. The largest absolute Gasteiger partial charge is 0.495 e. The monoisotopic (exact) mass is 391 g/mol. The van der Waals surface area contributed by atoms with Crippen LogP contribution in [0, 0.1) is 5.82 Å². The minimum absolute atomic E-state index is 0.297. The molecule has 7 heteroatoms. The van der Waals surface area contributed by atoms with E-state index in [1.807, 2.05) is 6.07 Å². The molecule has 0 saturated carbocycles. The van der Waals surface area contributed by atoms with Gasteiger partial charge in [0.15, 0.2) is 0 Å². The topological polar surface area (TPSA) is 76.1 Å². The van der Waals surface area contributed by atoms with E-state index < -0.39 is 0 Å². The summed E-state index contributed by atoms with van der Waals surface area (Å²) in [5.74, 6) is -0.0879. The highest BCUT2D eigenvalue weighted by molar-refractivity contribution is 6.06. The fraction of sp³-hybridized carbons (Fsp3) is 0.0909. The normalized spacial score (nSPS) is 10.8. The van der Waals surface area contributed by atoms with E-state index >= 15 is 0 Å². The van der Waals surface area contributed by atoms with Gasteiger partial charge in [-0.3, -0.25) is 9.36 Å². The molecule has 0 aliphatic rings. The van der Waals surface area contributed by atoms with E-state index in [1.54, 1.807) is 53.1 Å². The summed E-state index contributed by atoms with van der Waals surface area (Å²) in [5, 5.41) is 2.81. The van der Waals surface area contributed by atoms with Crippen molar-refractivity contribution in [2.24, 2.45) is 0 Å². The maximum Gasteiger partial charge on any atom is 0.326 e. The third kappa shape index (κ3) is 3.75. The van der Waals surface area contributed by atoms with Crippen molar-refractivity contribution in [2.75, 3.05) is 12.4 Å². The number of amides is 1. The van der Waals surface area contributed by atoms with E-state index in [-0.39, 0.29) is 17.4 Å². The van der Waals surface area contributed by atoms with Crippen LogP contribution in [0.2, 0.25) is 0 Å². The average molecular weight is 391 g/mol. The molecule has 4 rings (SSSR count). The second-order valence-electron chi connectivity index (χ2n) is 6.53. The third-order valence-corrected chi connectivity index (χ3v) is 4.65. The Balaban J connectivity index is 1.62. The molecule has 1 amide bonds. The van der Waals surface area contributed by atoms with E-state index in [9.17, 15) is 14.0 Å². The van der Waals surface area contributed by atoms with Gasteiger partial charge in [-0.2, -0.15) is 0 Å². The SMILES string of the molecule is COc1ccccc1NC(=O)c1ccc2c(c1)[nH]c(=O)n2Cc1ccc(F)cc1. The quantitative estimate of drug-likeness (QED) is 0.544. The molecule has 0 unspecified atom stereocenters. The van der Waals surface area contributed by atoms with Gasteiger partial charge < -0.3 is 15.0 Å². The Morgan fingerprint density at radius 1 is 1.10 bits per heavy atom. The molecule has 0 atom stereocenters. The minimum atomic E-state index is -0.328. The van der Waals surface area contributed by atoms with Gasteiger partial charge >= 0.3 is 5.69 Å². The Labute approximate surface area is 165 Å². The molecule has 29 heavy (non-hydrogen) atoms. The second-order valence-corrected chi connectivity index (χ2v) is 6.53. The summed E-state index contributed by atoms with van der Waals surface area (Å²) in [4.78, 5) is 27.8. The van der Waals surface area contributed by atoms with Gasteiger partial charge in [0.2, 0.25) is 0 Å². The van der Waals surface area contributed by atoms with E-state index in [2.05, 4.69) is 10.3 Å². The molecule has 3 aromatic carbocycles. The van der Waals surface area contributed by atoms with E-state index in [1.165, 1.54) is 19.2 Å². The van der Waals surface area contributed by atoms with Crippen molar-refractivity contribution in [1.29, 1.82) is 0 Å². The Hall–Kier alpha value is -3.87. The lowest BCUT2D eigenvalue weighted by Crippen LogP contribution is -2.17. The van der Waals surface area contributed by atoms with Crippen LogP contribution < -0.4 is 15.7 Å². The number of H-pyrrole nitrogens is 1. The molecule has 2 N–H and O–H groups in total. The molecule has 0 fully saturated rings. The van der Waals surface area contributed by atoms with Gasteiger partial charge in [0, 0.05) is 5.56 Å². The van der Waals surface area contributed by atoms with Gasteiger partial charge in [-0.05, 0) is 48.0 Å². The standard InChI is InChI=1S/C22H18FN3O3/c1-29-20-5-3-2-4-17(20)24-21(27)15-8-11-19-18(12-15)25-22(28)26(19)13-14-6-9-16(23)10-7-14/h2-12H,13H2,1H3,(H,24,27)(H,25,28). The summed E-state index contributed by atoms with van der Waals surface area (Å²) in [6.07, 6.45) is 0. The number of halogens is 1. The maximum atomic E-state index is 13.1. The summed E-state index contributed by atoms with van der Waals surface area (Å²) in [7, 11) is 1.53. The van der Waals surface area contributed by atoms with Crippen molar-refractivity contribution in [2.45, 2.75) is 6.54 Å². The molecule has 0 bridgehead atoms. The number of ether oxygens (including phenoxy) is 1. The van der Waals surface area contributed by atoms with Crippen molar-refractivity contribution >= 4 is 22.6 Å². The summed E-state index contributed by atoms with van der Waals surface area (Å²) in [6.45, 7) is 0.297. The third-order valence-electron chi connectivity index (χ3n) is 4.65. The number of hydrogen-bond acceptors (Lipinski definition) is 3. The first kappa shape index (κ1) is 18.5. The molecular weight excluding hydrogens is 373 g/mol. The number of aromatic amines is 1. The zero-order valence-corrected chi connectivity index (χ0v) is 15.6. The number of para-hydroxylation sites is 2. The zero-order valence-electron chi connectivity index (χ0n) is 15.6. The van der Waals surface area contributed by atoms with Crippen molar-refractivity contribution in [3.05, 3.63) is 94.2 Å². The fourth-order valence-corrected chi connectivity index (χ4v) is 3.18. The summed E-state index contributed by atoms with van der Waals surface area (Å²) < 4.78 is 19.9. The molecule has 1 aromatic heterocycles. The number of hydrogen-bond donors (Lipinski definition) is 2. The van der Waals surface area contributed by atoms with Crippen LogP contribution in [0.25, 0.3) is 11.0 Å². The number of rotatable bonds is 5. The Kier molecular flexibility index (Phi) is 4.87. The lowest BCUT2D eigenvalue weighted by Gasteiger charge is -2.10. The van der Waals surface area contributed by atoms with Crippen LogP contribution in [0.15, 0.2) is 71.5 Å². The molecular formula is C22H18FN3O3. The number of methoxy groups -OCH3 is 1. The Morgan fingerprint density at radius 2 is 1.86 bits per heavy atom. The van der Waals surface area contributed by atoms with Gasteiger partial charge in [0.05, 0.1) is 30.4 Å². The smallest absolute Gasteiger partial charge is 0.326 e. The molecule has 4 aromatic rings. The number of carbonyl (C=O) groups excluding carboxylic acids is 1. The lowest BCUT2D eigenvalue weighted by atomic mass is 10.1. The van der Waals surface area contributed by atoms with Gasteiger partial charge in [0.25, 0.3) is 5.91 Å². The Bertz CT molecular complexity index is 1240. The number of carbonyl (C=O) groups is 1. The number of benzene rings is 3. The van der Waals surface area contributed by atoms with Crippen molar-refractivity contribution in [1.82, 2.24) is 9.55 Å². The molecule has 0 saturated heterocycles. The van der Waals surface area contributed by atoms with Crippen LogP contribution in [-0.2, 0) is 6.54 Å². The van der Waals surface area contributed by atoms with Gasteiger partial charge in [-0.15, -0.1) is 0 Å². The number of imidazole rings is 1. The maximum absolute atomic E-state index is 13.1. The lowest BCUT2D eigenvalue weighted by molar-refractivity contribution is 0.102. The van der Waals surface area contributed by atoms with Gasteiger partial charge in [-0.25, -0.2) is 9.18 Å². The molecule has 0 spiro atoms. The number of fused-ring (bicyclic) bond motifs is 1. The molecule has 6 nitrogen and oxygen atoms in total. The van der Waals surface area contributed by atoms with Crippen LogP contribution in [-0.4, -0.2) is 22.6 Å². The van der Waals surface area contributed by atoms with Crippen LogP contribution in [0.4, 0.5) is 10.1 Å². The molecule has 0 radical (unpaired) electrons. The first-order valence-electron chi connectivity index (χ1n) is 8.96. The molecule has 146 valence electrons. The number of nitrogens with zero attached hydrogens (tertiary/aromatic N) is 1. The summed E-state index contributed by atoms with van der Waals surface area (Å²) in [5.41, 5.74) is 2.66. The predicted octanol–water partition coefficient (Wildman–Crippen LogP) is 3.78. The number of anilines is 1. The number of nitrogens with one attached hydrogen (secondary N) is 2.